The fourth-order valence-corrected chi connectivity index (χ4v) is 2.98. The van der Waals surface area contributed by atoms with Crippen LogP contribution in [0.15, 0.2) is 18.2 Å². The highest BCUT2D eigenvalue weighted by Gasteiger charge is 2.32. The van der Waals surface area contributed by atoms with Gasteiger partial charge in [0.05, 0.1) is 14.2 Å². The van der Waals surface area contributed by atoms with Crippen LogP contribution in [0.5, 0.6) is 11.5 Å². The van der Waals surface area contributed by atoms with Gasteiger partial charge in [-0.2, -0.15) is 0 Å². The maximum atomic E-state index is 12.5. The summed E-state index contributed by atoms with van der Waals surface area (Å²) in [5.74, 6) is 1.24. The highest BCUT2D eigenvalue weighted by atomic mass is 16.5. The SMILES string of the molecule is COc1ccc(NC(=O)C2CCN(C(=O)C(C)(C)C)CC2)cc1OC. The Morgan fingerprint density at radius 1 is 1.08 bits per heavy atom. The van der Waals surface area contributed by atoms with Gasteiger partial charge in [-0.05, 0) is 25.0 Å². The first-order valence-electron chi connectivity index (χ1n) is 8.58. The molecule has 0 bridgehead atoms. The lowest BCUT2D eigenvalue weighted by Gasteiger charge is -2.35. The van der Waals surface area contributed by atoms with E-state index in [-0.39, 0.29) is 23.1 Å². The van der Waals surface area contributed by atoms with Gasteiger partial charge in [0.1, 0.15) is 0 Å². The van der Waals surface area contributed by atoms with Crippen molar-refractivity contribution in [1.29, 1.82) is 0 Å². The summed E-state index contributed by atoms with van der Waals surface area (Å²) in [6.07, 6.45) is 1.36. The predicted octanol–water partition coefficient (Wildman–Crippen LogP) is 2.93. The second kappa shape index (κ2) is 7.76. The van der Waals surface area contributed by atoms with E-state index in [2.05, 4.69) is 5.32 Å². The van der Waals surface area contributed by atoms with Gasteiger partial charge in [0, 0.05) is 36.2 Å². The molecule has 6 nitrogen and oxygen atoms in total. The van der Waals surface area contributed by atoms with Crippen LogP contribution in [0, 0.1) is 11.3 Å². The molecule has 1 aromatic carbocycles. The second-order valence-electron chi connectivity index (χ2n) is 7.38. The largest absolute Gasteiger partial charge is 0.493 e. The van der Waals surface area contributed by atoms with E-state index in [1.54, 1.807) is 32.4 Å². The molecule has 25 heavy (non-hydrogen) atoms. The van der Waals surface area contributed by atoms with Crippen molar-refractivity contribution < 1.29 is 19.1 Å². The van der Waals surface area contributed by atoms with Gasteiger partial charge in [-0.15, -0.1) is 0 Å². The van der Waals surface area contributed by atoms with Crippen LogP contribution < -0.4 is 14.8 Å². The fraction of sp³-hybridized carbons (Fsp3) is 0.579. The minimum Gasteiger partial charge on any atom is -0.493 e. The molecule has 1 N–H and O–H groups in total. The number of likely N-dealkylation sites (tertiary alicyclic amines) is 1. The van der Waals surface area contributed by atoms with E-state index in [0.717, 1.165) is 0 Å². The Morgan fingerprint density at radius 2 is 1.68 bits per heavy atom. The van der Waals surface area contributed by atoms with Crippen LogP contribution in [0.3, 0.4) is 0 Å². The third-order valence-corrected chi connectivity index (χ3v) is 4.45. The summed E-state index contributed by atoms with van der Waals surface area (Å²) in [6, 6.07) is 5.30. The van der Waals surface area contributed by atoms with E-state index < -0.39 is 0 Å². The van der Waals surface area contributed by atoms with E-state index in [1.165, 1.54) is 0 Å². The second-order valence-corrected chi connectivity index (χ2v) is 7.38. The molecule has 2 amide bonds. The molecule has 0 atom stereocenters. The zero-order valence-electron chi connectivity index (χ0n) is 15.7. The Morgan fingerprint density at radius 3 is 2.20 bits per heavy atom. The van der Waals surface area contributed by atoms with Crippen LogP contribution in [0.4, 0.5) is 5.69 Å². The van der Waals surface area contributed by atoms with Crippen molar-refractivity contribution in [2.45, 2.75) is 33.6 Å². The van der Waals surface area contributed by atoms with Gasteiger partial charge in [0.25, 0.3) is 0 Å². The summed E-state index contributed by atoms with van der Waals surface area (Å²) in [5, 5.41) is 2.93. The maximum Gasteiger partial charge on any atom is 0.227 e. The molecule has 138 valence electrons. The van der Waals surface area contributed by atoms with Crippen molar-refractivity contribution in [3.05, 3.63) is 18.2 Å². The van der Waals surface area contributed by atoms with E-state index in [4.69, 9.17) is 9.47 Å². The van der Waals surface area contributed by atoms with Gasteiger partial charge in [-0.25, -0.2) is 0 Å². The number of carbonyl (C=O) groups excluding carboxylic acids is 2. The van der Waals surface area contributed by atoms with Crippen LogP contribution in [-0.2, 0) is 9.59 Å². The van der Waals surface area contributed by atoms with Crippen LogP contribution in [0.25, 0.3) is 0 Å². The van der Waals surface area contributed by atoms with Gasteiger partial charge in [-0.1, -0.05) is 20.8 Å². The third-order valence-electron chi connectivity index (χ3n) is 4.45. The van der Waals surface area contributed by atoms with Gasteiger partial charge in [0.2, 0.25) is 11.8 Å². The summed E-state index contributed by atoms with van der Waals surface area (Å²) in [5.41, 5.74) is 0.296. The average molecular weight is 348 g/mol. The lowest BCUT2D eigenvalue weighted by molar-refractivity contribution is -0.142. The predicted molar refractivity (Wildman–Crippen MR) is 96.9 cm³/mol. The van der Waals surface area contributed by atoms with Crippen molar-refractivity contribution in [2.24, 2.45) is 11.3 Å². The molecular formula is C19H28N2O4. The lowest BCUT2D eigenvalue weighted by atomic mass is 9.90. The summed E-state index contributed by atoms with van der Waals surface area (Å²) in [4.78, 5) is 26.7. The summed E-state index contributed by atoms with van der Waals surface area (Å²) in [7, 11) is 3.13. The van der Waals surface area contributed by atoms with E-state index >= 15 is 0 Å². The maximum absolute atomic E-state index is 12.5. The van der Waals surface area contributed by atoms with Crippen LogP contribution in [-0.4, -0.2) is 44.0 Å². The number of methoxy groups -OCH3 is 2. The molecule has 0 radical (unpaired) electrons. The average Bonchev–Trinajstić information content (AvgIpc) is 2.60. The van der Waals surface area contributed by atoms with Crippen molar-refractivity contribution in [1.82, 2.24) is 4.90 Å². The molecule has 1 aliphatic rings. The van der Waals surface area contributed by atoms with Gasteiger partial charge in [-0.3, -0.25) is 9.59 Å². The van der Waals surface area contributed by atoms with E-state index in [0.29, 0.717) is 43.1 Å². The molecule has 1 fully saturated rings. The molecule has 0 aromatic heterocycles. The number of hydrogen-bond donors (Lipinski definition) is 1. The van der Waals surface area contributed by atoms with Crippen molar-refractivity contribution in [3.8, 4) is 11.5 Å². The Labute approximate surface area is 149 Å². The van der Waals surface area contributed by atoms with Crippen molar-refractivity contribution in [2.75, 3.05) is 32.6 Å². The topological polar surface area (TPSA) is 67.9 Å². The minimum atomic E-state index is -0.380. The monoisotopic (exact) mass is 348 g/mol. The number of anilines is 1. The normalized spacial score (nSPS) is 15.6. The first kappa shape index (κ1) is 19.1. The number of benzene rings is 1. The number of hydrogen-bond acceptors (Lipinski definition) is 4. The number of amides is 2. The Balaban J connectivity index is 1.94. The highest BCUT2D eigenvalue weighted by molar-refractivity contribution is 5.93. The quantitative estimate of drug-likeness (QED) is 0.908. The summed E-state index contributed by atoms with van der Waals surface area (Å²) < 4.78 is 10.5. The molecule has 6 heteroatoms. The molecular weight excluding hydrogens is 320 g/mol. The number of ether oxygens (including phenoxy) is 2. The number of nitrogens with zero attached hydrogens (tertiary/aromatic N) is 1. The molecule has 1 aliphatic heterocycles. The van der Waals surface area contributed by atoms with Gasteiger partial charge < -0.3 is 19.7 Å². The molecule has 1 saturated heterocycles. The molecule has 0 unspecified atom stereocenters. The van der Waals surface area contributed by atoms with Gasteiger partial charge in [0.15, 0.2) is 11.5 Å². The zero-order valence-corrected chi connectivity index (χ0v) is 15.7. The highest BCUT2D eigenvalue weighted by Crippen LogP contribution is 2.30. The Kier molecular flexibility index (Phi) is 5.93. The molecule has 0 saturated carbocycles. The Bertz CT molecular complexity index is 629. The number of rotatable bonds is 4. The first-order chi connectivity index (χ1) is 11.8. The number of nitrogens with one attached hydrogen (secondary N) is 1. The fourth-order valence-electron chi connectivity index (χ4n) is 2.98. The summed E-state index contributed by atoms with van der Waals surface area (Å²) >= 11 is 0. The molecule has 0 spiro atoms. The van der Waals surface area contributed by atoms with Crippen LogP contribution in [0.1, 0.15) is 33.6 Å². The molecule has 1 heterocycles. The summed E-state index contributed by atoms with van der Waals surface area (Å²) in [6.45, 7) is 7.02. The van der Waals surface area contributed by atoms with E-state index in [9.17, 15) is 9.59 Å². The van der Waals surface area contributed by atoms with E-state index in [1.807, 2.05) is 25.7 Å². The standard InChI is InChI=1S/C19H28N2O4/c1-19(2,3)18(23)21-10-8-13(9-11-21)17(22)20-14-6-7-15(24-4)16(12-14)25-5/h6-7,12-13H,8-11H2,1-5H3,(H,20,22). The lowest BCUT2D eigenvalue weighted by Crippen LogP contribution is -2.45. The molecule has 0 aliphatic carbocycles. The zero-order chi connectivity index (χ0) is 18.6. The van der Waals surface area contributed by atoms with Crippen molar-refractivity contribution >= 4 is 17.5 Å². The third kappa shape index (κ3) is 4.65. The molecule has 2 rings (SSSR count). The number of piperidine rings is 1. The smallest absolute Gasteiger partial charge is 0.227 e. The van der Waals surface area contributed by atoms with Crippen LogP contribution in [0.2, 0.25) is 0 Å². The Hall–Kier alpha value is -2.24. The molecule has 1 aromatic rings. The van der Waals surface area contributed by atoms with Gasteiger partial charge >= 0.3 is 0 Å². The minimum absolute atomic E-state index is 0.0184. The first-order valence-corrected chi connectivity index (χ1v) is 8.58. The number of carbonyl (C=O) groups is 2. The van der Waals surface area contributed by atoms with Crippen LogP contribution >= 0.6 is 0 Å². The van der Waals surface area contributed by atoms with Crippen molar-refractivity contribution in [3.63, 3.8) is 0 Å².